The Balaban J connectivity index is 1.63. The number of amides is 1. The second-order valence-corrected chi connectivity index (χ2v) is 7.65. The molecular formula is C19H20Cl3N3O2. The lowest BCUT2D eigenvalue weighted by Crippen LogP contribution is -2.49. The molecule has 27 heavy (non-hydrogen) atoms. The first-order valence-electron chi connectivity index (χ1n) is 8.68. The minimum absolute atomic E-state index is 0.0231. The van der Waals surface area contributed by atoms with Crippen LogP contribution >= 0.6 is 34.8 Å². The molecule has 1 aliphatic heterocycles. The number of hydrogen-bond acceptors (Lipinski definition) is 4. The van der Waals surface area contributed by atoms with Crippen LogP contribution in [0.2, 0.25) is 15.1 Å². The van der Waals surface area contributed by atoms with Crippen molar-refractivity contribution in [3.05, 3.63) is 57.2 Å². The minimum Gasteiger partial charge on any atom is -0.381 e. The topological polar surface area (TPSA) is 63.2 Å². The van der Waals surface area contributed by atoms with Crippen LogP contribution in [0, 0.1) is 0 Å². The number of halogens is 3. The van der Waals surface area contributed by atoms with E-state index in [0.717, 1.165) is 5.56 Å². The van der Waals surface area contributed by atoms with Gasteiger partial charge in [-0.25, -0.2) is 4.98 Å². The van der Waals surface area contributed by atoms with Crippen molar-refractivity contribution >= 4 is 46.5 Å². The van der Waals surface area contributed by atoms with E-state index >= 15 is 0 Å². The first-order valence-corrected chi connectivity index (χ1v) is 9.82. The summed E-state index contributed by atoms with van der Waals surface area (Å²) in [5, 5.41) is 7.65. The number of ether oxygens (including phenoxy) is 1. The summed E-state index contributed by atoms with van der Waals surface area (Å²) in [6.45, 7) is 2.01. The number of aromatic nitrogens is 1. The molecule has 0 bridgehead atoms. The van der Waals surface area contributed by atoms with Crippen LogP contribution in [0.1, 0.15) is 18.4 Å². The molecule has 1 aromatic heterocycles. The Morgan fingerprint density at radius 3 is 2.59 bits per heavy atom. The van der Waals surface area contributed by atoms with Crippen molar-refractivity contribution in [2.75, 3.05) is 31.6 Å². The largest absolute Gasteiger partial charge is 0.381 e. The zero-order valence-corrected chi connectivity index (χ0v) is 16.9. The number of carbonyl (C=O) groups is 1. The maximum atomic E-state index is 13.1. The fourth-order valence-electron chi connectivity index (χ4n) is 3.22. The third-order valence-electron chi connectivity index (χ3n) is 4.67. The highest BCUT2D eigenvalue weighted by Gasteiger charge is 2.41. The van der Waals surface area contributed by atoms with Gasteiger partial charge in [0.1, 0.15) is 5.82 Å². The molecule has 1 saturated heterocycles. The molecule has 0 unspecified atom stereocenters. The van der Waals surface area contributed by atoms with E-state index in [4.69, 9.17) is 39.5 Å². The number of benzene rings is 1. The summed E-state index contributed by atoms with van der Waals surface area (Å²) in [7, 11) is 0. The van der Waals surface area contributed by atoms with Gasteiger partial charge < -0.3 is 15.4 Å². The fourth-order valence-corrected chi connectivity index (χ4v) is 3.86. The van der Waals surface area contributed by atoms with E-state index in [2.05, 4.69) is 15.6 Å². The molecule has 2 heterocycles. The van der Waals surface area contributed by atoms with E-state index < -0.39 is 5.41 Å². The second kappa shape index (κ2) is 9.11. The zero-order chi connectivity index (χ0) is 19.3. The van der Waals surface area contributed by atoms with Crippen LogP contribution in [0.3, 0.4) is 0 Å². The number of pyridine rings is 1. The number of anilines is 1. The van der Waals surface area contributed by atoms with Gasteiger partial charge in [-0.1, -0.05) is 46.9 Å². The molecular weight excluding hydrogens is 409 g/mol. The van der Waals surface area contributed by atoms with Gasteiger partial charge in [-0.3, -0.25) is 4.79 Å². The summed E-state index contributed by atoms with van der Waals surface area (Å²) < 4.78 is 5.47. The Morgan fingerprint density at radius 2 is 1.89 bits per heavy atom. The Kier molecular flexibility index (Phi) is 6.82. The van der Waals surface area contributed by atoms with E-state index in [1.54, 1.807) is 6.07 Å². The lowest BCUT2D eigenvalue weighted by atomic mass is 9.73. The van der Waals surface area contributed by atoms with Gasteiger partial charge in [-0.15, -0.1) is 0 Å². The quantitative estimate of drug-likeness (QED) is 0.673. The lowest BCUT2D eigenvalue weighted by molar-refractivity contribution is -0.130. The summed E-state index contributed by atoms with van der Waals surface area (Å²) in [4.78, 5) is 17.2. The molecule has 3 rings (SSSR count). The standard InChI is InChI=1S/C19H20Cl3N3O2/c20-14-3-1-2-13(10-14)19(4-8-27-9-5-19)18(26)24-7-6-23-17-16(22)11-15(21)12-25-17/h1-3,10-12H,4-9H2,(H,23,25)(H,24,26). The van der Waals surface area contributed by atoms with Gasteiger partial charge >= 0.3 is 0 Å². The lowest BCUT2D eigenvalue weighted by Gasteiger charge is -2.36. The maximum Gasteiger partial charge on any atom is 0.230 e. The highest BCUT2D eigenvalue weighted by molar-refractivity contribution is 6.35. The molecule has 1 aromatic carbocycles. The first kappa shape index (κ1) is 20.2. The van der Waals surface area contributed by atoms with Gasteiger partial charge in [0.2, 0.25) is 5.91 Å². The molecule has 5 nitrogen and oxygen atoms in total. The second-order valence-electron chi connectivity index (χ2n) is 6.37. The normalized spacial score (nSPS) is 16.0. The van der Waals surface area contributed by atoms with E-state index in [-0.39, 0.29) is 5.91 Å². The summed E-state index contributed by atoms with van der Waals surface area (Å²) in [5.74, 6) is 0.510. The molecule has 1 amide bonds. The van der Waals surface area contributed by atoms with Gasteiger partial charge in [-0.05, 0) is 36.6 Å². The average molecular weight is 429 g/mol. The molecule has 0 spiro atoms. The SMILES string of the molecule is O=C(NCCNc1ncc(Cl)cc1Cl)C1(c2cccc(Cl)c2)CCOCC1. The molecule has 1 aliphatic rings. The number of nitrogens with zero attached hydrogens (tertiary/aromatic N) is 1. The van der Waals surface area contributed by atoms with Crippen LogP contribution in [-0.2, 0) is 14.9 Å². The van der Waals surface area contributed by atoms with Crippen molar-refractivity contribution < 1.29 is 9.53 Å². The molecule has 0 saturated carbocycles. The van der Waals surface area contributed by atoms with Crippen molar-refractivity contribution in [3.8, 4) is 0 Å². The van der Waals surface area contributed by atoms with E-state index in [1.807, 2.05) is 24.3 Å². The summed E-state index contributed by atoms with van der Waals surface area (Å²) in [6, 6.07) is 9.11. The number of hydrogen-bond donors (Lipinski definition) is 2. The van der Waals surface area contributed by atoms with Crippen molar-refractivity contribution in [2.45, 2.75) is 18.3 Å². The fraction of sp³-hybridized carbons (Fsp3) is 0.368. The Hall–Kier alpha value is -1.53. The Labute approximate surface area is 173 Å². The monoisotopic (exact) mass is 427 g/mol. The van der Waals surface area contributed by atoms with Crippen molar-refractivity contribution in [2.24, 2.45) is 0 Å². The average Bonchev–Trinajstić information content (AvgIpc) is 2.67. The molecule has 2 N–H and O–H groups in total. The van der Waals surface area contributed by atoms with Gasteiger partial charge in [-0.2, -0.15) is 0 Å². The van der Waals surface area contributed by atoms with E-state index in [0.29, 0.717) is 60.0 Å². The smallest absolute Gasteiger partial charge is 0.230 e. The molecule has 0 atom stereocenters. The third kappa shape index (κ3) is 4.85. The molecule has 144 valence electrons. The molecule has 1 fully saturated rings. The van der Waals surface area contributed by atoms with Crippen LogP contribution in [0.4, 0.5) is 5.82 Å². The predicted molar refractivity (Wildman–Crippen MR) is 109 cm³/mol. The Morgan fingerprint density at radius 1 is 1.11 bits per heavy atom. The van der Waals surface area contributed by atoms with Crippen molar-refractivity contribution in [1.29, 1.82) is 0 Å². The van der Waals surface area contributed by atoms with Gasteiger partial charge in [0.25, 0.3) is 0 Å². The summed E-state index contributed by atoms with van der Waals surface area (Å²) in [5.41, 5.74) is 0.297. The Bertz CT molecular complexity index is 811. The van der Waals surface area contributed by atoms with Crippen LogP contribution in [0.25, 0.3) is 0 Å². The molecule has 0 radical (unpaired) electrons. The van der Waals surface area contributed by atoms with Crippen LogP contribution in [0.15, 0.2) is 36.5 Å². The molecule has 8 heteroatoms. The van der Waals surface area contributed by atoms with Gasteiger partial charge in [0.15, 0.2) is 0 Å². The minimum atomic E-state index is -0.626. The molecule has 0 aliphatic carbocycles. The van der Waals surface area contributed by atoms with E-state index in [9.17, 15) is 4.79 Å². The van der Waals surface area contributed by atoms with Gasteiger partial charge in [0.05, 0.1) is 15.5 Å². The van der Waals surface area contributed by atoms with Crippen molar-refractivity contribution in [1.82, 2.24) is 10.3 Å². The highest BCUT2D eigenvalue weighted by atomic mass is 35.5. The number of carbonyl (C=O) groups excluding carboxylic acids is 1. The highest BCUT2D eigenvalue weighted by Crippen LogP contribution is 2.36. The van der Waals surface area contributed by atoms with E-state index in [1.165, 1.54) is 6.20 Å². The number of rotatable bonds is 6. The van der Waals surface area contributed by atoms with Crippen molar-refractivity contribution in [3.63, 3.8) is 0 Å². The van der Waals surface area contributed by atoms with Crippen LogP contribution < -0.4 is 10.6 Å². The summed E-state index contributed by atoms with van der Waals surface area (Å²) >= 11 is 18.1. The summed E-state index contributed by atoms with van der Waals surface area (Å²) in [6.07, 6.45) is 2.76. The third-order valence-corrected chi connectivity index (χ3v) is 5.40. The maximum absolute atomic E-state index is 13.1. The zero-order valence-electron chi connectivity index (χ0n) is 14.6. The van der Waals surface area contributed by atoms with Gasteiger partial charge in [0, 0.05) is 37.5 Å². The van der Waals surface area contributed by atoms with Crippen LogP contribution in [0.5, 0.6) is 0 Å². The first-order chi connectivity index (χ1) is 13.0. The molecule has 2 aromatic rings. The predicted octanol–water partition coefficient (Wildman–Crippen LogP) is 4.32. The number of nitrogens with one attached hydrogen (secondary N) is 2. The van der Waals surface area contributed by atoms with Crippen LogP contribution in [-0.4, -0.2) is 37.2 Å².